The van der Waals surface area contributed by atoms with E-state index in [0.717, 1.165) is 12.3 Å². The molecule has 0 unspecified atom stereocenters. The Morgan fingerprint density at radius 2 is 1.49 bits per heavy atom. The zero-order chi connectivity index (χ0) is 26.2. The molecule has 5 atom stereocenters. The molecule has 4 heteroatoms. The van der Waals surface area contributed by atoms with Crippen LogP contribution >= 0.6 is 0 Å². The molecule has 0 spiro atoms. The lowest BCUT2D eigenvalue weighted by Crippen LogP contribution is -2.50. The van der Waals surface area contributed by atoms with Crippen LogP contribution in [0.2, 0.25) is 36.3 Å². The van der Waals surface area contributed by atoms with Gasteiger partial charge in [0, 0.05) is 11.5 Å². The first kappa shape index (κ1) is 27.4. The van der Waals surface area contributed by atoms with Gasteiger partial charge in [-0.15, -0.1) is 0 Å². The fraction of sp³-hybridized carbons (Fsp3) is 0.806. The summed E-state index contributed by atoms with van der Waals surface area (Å²) in [5, 5.41) is 0.505. The summed E-state index contributed by atoms with van der Waals surface area (Å²) in [5.74, 6) is 2.69. The zero-order valence-electron chi connectivity index (χ0n) is 25.0. The third-order valence-corrected chi connectivity index (χ3v) is 20.4. The summed E-state index contributed by atoms with van der Waals surface area (Å²) in [4.78, 5) is 0. The second kappa shape index (κ2) is 8.46. The highest BCUT2D eigenvalue weighted by atomic mass is 28.4. The lowest BCUT2D eigenvalue weighted by molar-refractivity contribution is 0.0335. The van der Waals surface area contributed by atoms with Gasteiger partial charge in [0.25, 0.3) is 0 Å². The van der Waals surface area contributed by atoms with Crippen molar-refractivity contribution in [2.24, 2.45) is 22.7 Å². The minimum Gasteiger partial charge on any atom is -0.546 e. The maximum Gasteiger partial charge on any atom is 0.250 e. The van der Waals surface area contributed by atoms with Gasteiger partial charge in [0.1, 0.15) is 0 Å². The third-order valence-electron chi connectivity index (χ3n) is 11.5. The highest BCUT2D eigenvalue weighted by molar-refractivity contribution is 6.74. The van der Waals surface area contributed by atoms with Gasteiger partial charge in [0.15, 0.2) is 8.32 Å². The molecule has 0 saturated heterocycles. The molecule has 0 aromatic heterocycles. The molecule has 4 aliphatic rings. The second-order valence-corrected chi connectivity index (χ2v) is 25.2. The smallest absolute Gasteiger partial charge is 0.250 e. The fourth-order valence-corrected chi connectivity index (χ4v) is 9.41. The number of allylic oxidation sites excluding steroid dienone is 4. The minimum absolute atomic E-state index is 0.0982. The highest BCUT2D eigenvalue weighted by Crippen LogP contribution is 2.64. The van der Waals surface area contributed by atoms with E-state index >= 15 is 0 Å². The van der Waals surface area contributed by atoms with E-state index in [0.29, 0.717) is 17.4 Å². The first-order chi connectivity index (χ1) is 15.8. The lowest BCUT2D eigenvalue weighted by atomic mass is 9.49. The molecular weight excluding hydrogens is 461 g/mol. The molecule has 35 heavy (non-hydrogen) atoms. The molecule has 4 aliphatic carbocycles. The average molecular weight is 515 g/mol. The first-order valence-corrected chi connectivity index (χ1v) is 20.1. The van der Waals surface area contributed by atoms with Crippen LogP contribution in [0.5, 0.6) is 0 Å². The van der Waals surface area contributed by atoms with Crippen molar-refractivity contribution in [1.82, 2.24) is 0 Å². The van der Waals surface area contributed by atoms with Crippen LogP contribution < -0.4 is 0 Å². The summed E-state index contributed by atoms with van der Waals surface area (Å²) in [5.41, 5.74) is 3.81. The molecule has 0 bridgehead atoms. The summed E-state index contributed by atoms with van der Waals surface area (Å²) in [6, 6.07) is 0. The van der Waals surface area contributed by atoms with Gasteiger partial charge >= 0.3 is 0 Å². The van der Waals surface area contributed by atoms with Crippen molar-refractivity contribution >= 4 is 16.6 Å². The van der Waals surface area contributed by atoms with Crippen LogP contribution in [0.4, 0.5) is 0 Å². The van der Waals surface area contributed by atoms with Gasteiger partial charge in [-0.3, -0.25) is 0 Å². The Bertz CT molecular complexity index is 942. The maximum absolute atomic E-state index is 6.95. The lowest BCUT2D eigenvalue weighted by Gasteiger charge is -2.56. The van der Waals surface area contributed by atoms with Gasteiger partial charge in [0.2, 0.25) is 8.32 Å². The molecule has 4 rings (SSSR count). The minimum atomic E-state index is -1.84. The number of fused-ring (bicyclic) bond motifs is 5. The first-order valence-electron chi connectivity index (χ1n) is 14.3. The molecule has 2 fully saturated rings. The van der Waals surface area contributed by atoms with Crippen LogP contribution in [0.1, 0.15) is 93.9 Å². The van der Waals surface area contributed by atoms with E-state index < -0.39 is 16.6 Å². The molecule has 198 valence electrons. The maximum atomic E-state index is 6.95. The Hall–Kier alpha value is -0.586. The van der Waals surface area contributed by atoms with Gasteiger partial charge in [-0.25, -0.2) is 0 Å². The normalized spacial score (nSPS) is 35.9. The monoisotopic (exact) mass is 514 g/mol. The Labute approximate surface area is 219 Å². The van der Waals surface area contributed by atoms with Crippen LogP contribution in [0.3, 0.4) is 0 Å². The summed E-state index contributed by atoms with van der Waals surface area (Å²) in [6.45, 7) is 28.8. The Kier molecular flexibility index (Phi) is 6.64. The van der Waals surface area contributed by atoms with Crippen molar-refractivity contribution in [3.05, 3.63) is 35.1 Å². The van der Waals surface area contributed by atoms with Crippen LogP contribution in [-0.4, -0.2) is 22.7 Å². The largest absolute Gasteiger partial charge is 0.546 e. The Balaban J connectivity index is 1.52. The van der Waals surface area contributed by atoms with Crippen molar-refractivity contribution < 1.29 is 8.85 Å². The van der Waals surface area contributed by atoms with Crippen LogP contribution in [0, 0.1) is 22.7 Å². The SMILES string of the molecule is CC(C)(C)[Si](C)(C)OC1=CC=C2[C@@H]3CC=C4C[C@@H](O[Si](C)(C)C(C)(C)C)CC[C@]4(C)[C@H]3CC[C@]12C. The molecule has 2 nitrogen and oxygen atoms in total. The predicted molar refractivity (Wildman–Crippen MR) is 155 cm³/mol. The van der Waals surface area contributed by atoms with Gasteiger partial charge in [-0.05, 0) is 105 Å². The summed E-state index contributed by atoms with van der Waals surface area (Å²) in [6.07, 6.45) is 15.3. The molecule has 0 amide bonds. The molecule has 0 aromatic carbocycles. The standard InChI is InChI=1S/C31H54O2Si2/c1-28(2,3)34(9,10)32-23-17-19-30(7)22(21-23)13-14-24-25-15-16-27(31(25,8)20-18-26(24)30)33-35(11,12)29(4,5)6/h13,15-16,23-24,26H,14,17-21H2,1-12H3/t23-,24-,26-,30-,31-/m0/s1. The van der Waals surface area contributed by atoms with E-state index in [1.165, 1.54) is 37.9 Å². The van der Waals surface area contributed by atoms with Crippen LogP contribution in [0.25, 0.3) is 0 Å². The topological polar surface area (TPSA) is 18.5 Å². The van der Waals surface area contributed by atoms with E-state index in [-0.39, 0.29) is 15.5 Å². The van der Waals surface area contributed by atoms with Crippen LogP contribution in [-0.2, 0) is 8.85 Å². The predicted octanol–water partition coefficient (Wildman–Crippen LogP) is 9.78. The average Bonchev–Trinajstić information content (AvgIpc) is 3.02. The molecule has 0 aliphatic heterocycles. The van der Waals surface area contributed by atoms with Crippen molar-refractivity contribution in [3.63, 3.8) is 0 Å². The Morgan fingerprint density at radius 3 is 2.09 bits per heavy atom. The summed E-state index contributed by atoms with van der Waals surface area (Å²) in [7, 11) is -3.58. The van der Waals surface area contributed by atoms with E-state index in [9.17, 15) is 0 Å². The fourth-order valence-electron chi connectivity index (χ4n) is 6.87. The van der Waals surface area contributed by atoms with E-state index in [2.05, 4.69) is 99.8 Å². The highest BCUT2D eigenvalue weighted by Gasteiger charge is 2.56. The quantitative estimate of drug-likeness (QED) is 0.274. The number of hydrogen-bond donors (Lipinski definition) is 0. The van der Waals surface area contributed by atoms with Gasteiger partial charge in [0.05, 0.1) is 5.76 Å². The molecular formula is C31H54O2Si2. The Morgan fingerprint density at radius 1 is 0.857 bits per heavy atom. The summed E-state index contributed by atoms with van der Waals surface area (Å²) < 4.78 is 13.9. The summed E-state index contributed by atoms with van der Waals surface area (Å²) >= 11 is 0. The van der Waals surface area contributed by atoms with Gasteiger partial charge in [-0.2, -0.15) is 0 Å². The van der Waals surface area contributed by atoms with E-state index in [4.69, 9.17) is 8.85 Å². The van der Waals surface area contributed by atoms with Crippen molar-refractivity contribution in [2.45, 2.75) is 136 Å². The molecule has 0 radical (unpaired) electrons. The molecule has 0 heterocycles. The van der Waals surface area contributed by atoms with E-state index in [1.807, 2.05) is 0 Å². The van der Waals surface area contributed by atoms with Crippen molar-refractivity contribution in [1.29, 1.82) is 0 Å². The third kappa shape index (κ3) is 4.52. The van der Waals surface area contributed by atoms with Gasteiger partial charge < -0.3 is 8.85 Å². The van der Waals surface area contributed by atoms with Gasteiger partial charge in [-0.1, -0.05) is 71.8 Å². The molecule has 0 aromatic rings. The number of hydrogen-bond acceptors (Lipinski definition) is 2. The number of rotatable bonds is 4. The van der Waals surface area contributed by atoms with E-state index in [1.54, 1.807) is 11.1 Å². The van der Waals surface area contributed by atoms with Crippen LogP contribution in [0.15, 0.2) is 35.1 Å². The molecule has 2 saturated carbocycles. The second-order valence-electron chi connectivity index (χ2n) is 15.7. The van der Waals surface area contributed by atoms with Crippen molar-refractivity contribution in [3.8, 4) is 0 Å². The zero-order valence-corrected chi connectivity index (χ0v) is 27.0. The van der Waals surface area contributed by atoms with Crippen molar-refractivity contribution in [2.75, 3.05) is 0 Å². The molecule has 0 N–H and O–H groups in total.